The largest absolute Gasteiger partial charge is 0.199 e. The molecule has 1 atom stereocenters. The third kappa shape index (κ3) is 7.60. The van der Waals surface area contributed by atoms with Crippen molar-refractivity contribution in [1.29, 1.82) is 5.26 Å². The molecule has 21 heavy (non-hydrogen) atoms. The second kappa shape index (κ2) is 9.93. The summed E-state index contributed by atoms with van der Waals surface area (Å²) in [6.45, 7) is 8.33. The molecule has 0 aliphatic rings. The van der Waals surface area contributed by atoms with E-state index < -0.39 is 0 Å². The Bertz CT molecular complexity index is 568. The number of hydrogen-bond acceptors (Lipinski definition) is 1. The van der Waals surface area contributed by atoms with Crippen LogP contribution in [0, 0.1) is 11.3 Å². The van der Waals surface area contributed by atoms with Gasteiger partial charge in [-0.15, -0.1) is 0 Å². The molecule has 0 heterocycles. The van der Waals surface area contributed by atoms with Crippen LogP contribution >= 0.6 is 8.58 Å². The van der Waals surface area contributed by atoms with Crippen molar-refractivity contribution < 1.29 is 22.4 Å². The summed E-state index contributed by atoms with van der Waals surface area (Å²) in [4.78, 5) is 0. The van der Waals surface area contributed by atoms with Gasteiger partial charge in [0, 0.05) is 29.3 Å². The maximum atomic E-state index is 7.32. The van der Waals surface area contributed by atoms with Crippen LogP contribution in [0.5, 0.6) is 0 Å². The van der Waals surface area contributed by atoms with Crippen molar-refractivity contribution in [2.75, 3.05) is 0 Å². The molecule has 0 aliphatic carbocycles. The van der Waals surface area contributed by atoms with Crippen LogP contribution in [0.25, 0.3) is 11.1 Å². The Morgan fingerprint density at radius 3 is 1.90 bits per heavy atom. The first-order valence-electron chi connectivity index (χ1n) is 6.71. The Balaban J connectivity index is 0.000000922. The fraction of sp³-hybridized carbons (Fsp3) is 0.278. The number of nitrogens with zero attached hydrogens (tertiary/aromatic N) is 1. The van der Waals surface area contributed by atoms with E-state index in [2.05, 4.69) is 75.4 Å². The van der Waals surface area contributed by atoms with Crippen molar-refractivity contribution in [3.05, 3.63) is 54.6 Å². The molecule has 0 saturated heterocycles. The average Bonchev–Trinajstić information content (AvgIpc) is 2.39. The van der Waals surface area contributed by atoms with Crippen LogP contribution < -0.4 is 5.30 Å². The zero-order valence-corrected chi connectivity index (χ0v) is 16.1. The molecule has 2 aromatic rings. The van der Waals surface area contributed by atoms with Crippen LogP contribution in [0.3, 0.4) is 0 Å². The van der Waals surface area contributed by atoms with Crippen molar-refractivity contribution in [3.8, 4) is 17.2 Å². The average molecular weight is 480 g/mol. The zero-order chi connectivity index (χ0) is 15.0. The van der Waals surface area contributed by atoms with E-state index in [9.17, 15) is 0 Å². The van der Waals surface area contributed by atoms with Crippen LogP contribution in [-0.2, 0) is 22.4 Å². The molecule has 115 valence electrons. The Morgan fingerprint density at radius 1 is 0.905 bits per heavy atom. The Hall–Kier alpha value is -0.900. The summed E-state index contributed by atoms with van der Waals surface area (Å²) in [5, 5.41) is 9.14. The number of nitriles is 1. The van der Waals surface area contributed by atoms with Gasteiger partial charge in [0.2, 0.25) is 0 Å². The van der Waals surface area contributed by atoms with Crippen LogP contribution in [0.2, 0.25) is 0 Å². The van der Waals surface area contributed by atoms with Crippen molar-refractivity contribution in [2.24, 2.45) is 0 Å². The SMILES string of the molecule is CC#N.CC(C)(C)Pc1ccccc1-c1ccccc1.[Au]. The molecule has 0 amide bonds. The van der Waals surface area contributed by atoms with Crippen LogP contribution in [0.4, 0.5) is 0 Å². The monoisotopic (exact) mass is 480 g/mol. The van der Waals surface area contributed by atoms with E-state index >= 15 is 0 Å². The first kappa shape index (κ1) is 20.1. The third-order valence-corrected chi connectivity index (χ3v) is 3.98. The first-order valence-corrected chi connectivity index (χ1v) is 7.71. The zero-order valence-electron chi connectivity index (χ0n) is 12.9. The molecule has 1 nitrogen and oxygen atoms in total. The first-order chi connectivity index (χ1) is 9.48. The van der Waals surface area contributed by atoms with E-state index in [0.717, 1.165) is 8.58 Å². The standard InChI is InChI=1S/C16H19P.C2H3N.Au/c1-16(2,3)17-15-12-8-7-11-14(15)13-9-5-4-6-10-13;1-2-3;/h4-12,17H,1-3H3;1H3;. The van der Waals surface area contributed by atoms with E-state index in [1.54, 1.807) is 6.07 Å². The summed E-state index contributed by atoms with van der Waals surface area (Å²) in [5.41, 5.74) is 2.70. The Kier molecular flexibility index (Phi) is 9.51. The van der Waals surface area contributed by atoms with Crippen LogP contribution in [-0.4, -0.2) is 5.16 Å². The maximum Gasteiger partial charge on any atom is 0.0587 e. The van der Waals surface area contributed by atoms with E-state index in [-0.39, 0.29) is 22.4 Å². The van der Waals surface area contributed by atoms with Gasteiger partial charge in [0.15, 0.2) is 0 Å². The van der Waals surface area contributed by atoms with E-state index in [1.165, 1.54) is 23.4 Å². The fourth-order valence-electron chi connectivity index (χ4n) is 1.87. The van der Waals surface area contributed by atoms with Gasteiger partial charge in [0.1, 0.15) is 0 Å². The van der Waals surface area contributed by atoms with Crippen molar-refractivity contribution in [2.45, 2.75) is 32.9 Å². The van der Waals surface area contributed by atoms with Gasteiger partial charge >= 0.3 is 0 Å². The van der Waals surface area contributed by atoms with Gasteiger partial charge in [-0.1, -0.05) is 83.9 Å². The van der Waals surface area contributed by atoms with Gasteiger partial charge in [-0.2, -0.15) is 5.26 Å². The van der Waals surface area contributed by atoms with E-state index in [1.807, 2.05) is 0 Å². The molecule has 0 bridgehead atoms. The summed E-state index contributed by atoms with van der Waals surface area (Å²) >= 11 is 0. The van der Waals surface area contributed by atoms with E-state index in [0.29, 0.717) is 5.16 Å². The Morgan fingerprint density at radius 2 is 1.38 bits per heavy atom. The minimum absolute atomic E-state index is 0. The third-order valence-electron chi connectivity index (χ3n) is 2.52. The Labute approximate surface area is 146 Å². The molecule has 0 N–H and O–H groups in total. The number of rotatable bonds is 2. The molecule has 1 unspecified atom stereocenters. The molecular weight excluding hydrogens is 458 g/mol. The molecule has 0 aliphatic heterocycles. The molecule has 2 aromatic carbocycles. The van der Waals surface area contributed by atoms with Crippen LogP contribution in [0.1, 0.15) is 27.7 Å². The van der Waals surface area contributed by atoms with Gasteiger partial charge in [-0.05, 0) is 21.6 Å². The second-order valence-electron chi connectivity index (χ2n) is 5.51. The van der Waals surface area contributed by atoms with Gasteiger partial charge in [0.25, 0.3) is 0 Å². The number of hydrogen-bond donors (Lipinski definition) is 0. The smallest absolute Gasteiger partial charge is 0.0587 e. The molecular formula is C18H22AuNP. The molecule has 0 saturated carbocycles. The predicted molar refractivity (Wildman–Crippen MR) is 90.9 cm³/mol. The summed E-state index contributed by atoms with van der Waals surface area (Å²) in [6, 6.07) is 21.1. The maximum absolute atomic E-state index is 7.32. The molecule has 0 spiro atoms. The summed E-state index contributed by atoms with van der Waals surface area (Å²) in [6.07, 6.45) is 0. The summed E-state index contributed by atoms with van der Waals surface area (Å²) in [7, 11) is 0.838. The van der Waals surface area contributed by atoms with Gasteiger partial charge in [0.05, 0.1) is 6.07 Å². The van der Waals surface area contributed by atoms with Crippen molar-refractivity contribution >= 4 is 13.9 Å². The molecule has 2 rings (SSSR count). The van der Waals surface area contributed by atoms with Gasteiger partial charge in [-0.25, -0.2) is 0 Å². The number of benzene rings is 2. The molecule has 0 aromatic heterocycles. The van der Waals surface area contributed by atoms with Crippen LogP contribution in [0.15, 0.2) is 54.6 Å². The molecule has 1 radical (unpaired) electrons. The molecule has 3 heteroatoms. The minimum Gasteiger partial charge on any atom is -0.199 e. The van der Waals surface area contributed by atoms with Crippen molar-refractivity contribution in [1.82, 2.24) is 0 Å². The minimum atomic E-state index is 0. The normalized spacial score (nSPS) is 10.2. The van der Waals surface area contributed by atoms with E-state index in [4.69, 9.17) is 5.26 Å². The van der Waals surface area contributed by atoms with Gasteiger partial charge < -0.3 is 0 Å². The fourth-order valence-corrected chi connectivity index (χ4v) is 3.22. The van der Waals surface area contributed by atoms with Gasteiger partial charge in [-0.3, -0.25) is 0 Å². The molecule has 0 fully saturated rings. The second-order valence-corrected chi connectivity index (χ2v) is 7.80. The quantitative estimate of drug-likeness (QED) is 0.440. The predicted octanol–water partition coefficient (Wildman–Crippen LogP) is 4.98. The van der Waals surface area contributed by atoms with Crippen molar-refractivity contribution in [3.63, 3.8) is 0 Å². The topological polar surface area (TPSA) is 23.8 Å². The summed E-state index contributed by atoms with van der Waals surface area (Å²) < 4.78 is 0. The summed E-state index contributed by atoms with van der Waals surface area (Å²) in [5.74, 6) is 0.